The van der Waals surface area contributed by atoms with Crippen molar-refractivity contribution in [3.05, 3.63) is 118 Å². The van der Waals surface area contributed by atoms with Gasteiger partial charge in [0.1, 0.15) is 18.1 Å². The number of aliphatic hydroxyl groups excluding tert-OH is 1. The molecule has 8 nitrogen and oxygen atoms in total. The number of hydrogen-bond donors (Lipinski definition) is 1. The Morgan fingerprint density at radius 3 is 2.45 bits per heavy atom. The molecule has 0 radical (unpaired) electrons. The van der Waals surface area contributed by atoms with Crippen molar-refractivity contribution >= 4 is 55.7 Å². The van der Waals surface area contributed by atoms with Crippen molar-refractivity contribution in [2.24, 2.45) is 0 Å². The van der Waals surface area contributed by atoms with Crippen LogP contribution in [0.4, 0.5) is 5.13 Å². The van der Waals surface area contributed by atoms with Crippen LogP contribution in [0.1, 0.15) is 29.7 Å². The van der Waals surface area contributed by atoms with Crippen molar-refractivity contribution in [2.75, 3.05) is 18.6 Å². The minimum atomic E-state index is -1.00. The van der Waals surface area contributed by atoms with Gasteiger partial charge in [-0.05, 0) is 72.6 Å². The van der Waals surface area contributed by atoms with Gasteiger partial charge in [-0.15, -0.1) is 0 Å². The average molecular weight is 627 g/mol. The molecule has 2 heterocycles. The molecule has 0 aliphatic carbocycles. The molecule has 1 aliphatic heterocycles. The smallest absolute Gasteiger partial charge is 0.301 e. The van der Waals surface area contributed by atoms with Crippen molar-refractivity contribution in [3.63, 3.8) is 0 Å². The summed E-state index contributed by atoms with van der Waals surface area (Å²) < 4.78 is 18.0. The minimum Gasteiger partial charge on any atom is -0.507 e. The molecule has 4 aromatic carbocycles. The van der Waals surface area contributed by atoms with Crippen LogP contribution in [-0.4, -0.2) is 35.5 Å². The number of carbonyl (C=O) groups excluding carboxylic acids is 2. The Hall–Kier alpha value is -4.86. The van der Waals surface area contributed by atoms with Crippen LogP contribution >= 0.6 is 22.9 Å². The second kappa shape index (κ2) is 12.4. The van der Waals surface area contributed by atoms with Gasteiger partial charge < -0.3 is 19.3 Å². The number of aliphatic hydroxyl groups is 1. The number of benzene rings is 4. The number of fused-ring (bicyclic) bond motifs is 1. The molecule has 1 aliphatic rings. The van der Waals surface area contributed by atoms with Crippen LogP contribution in [0.2, 0.25) is 5.02 Å². The fourth-order valence-electron chi connectivity index (χ4n) is 5.06. The Morgan fingerprint density at radius 2 is 1.73 bits per heavy atom. The number of nitrogens with zero attached hydrogens (tertiary/aromatic N) is 2. The highest BCUT2D eigenvalue weighted by Gasteiger charge is 2.48. The standard InChI is InChI=1S/C34H27ClN2O6S/c1-3-42-27-17-22(11-16-26(27)43-19-20-7-5-4-6-8-20)30-29(31(38)21-9-13-24(41-2)14-10-21)32(39)33(40)37(30)34-36-25-15-12-23(35)18-28(25)44-34/h4-18,30,38H,3,19H2,1-2H3/b31-29+. The molecule has 5 aromatic rings. The molecule has 0 spiro atoms. The van der Waals surface area contributed by atoms with Crippen LogP contribution in [-0.2, 0) is 16.2 Å². The monoisotopic (exact) mass is 626 g/mol. The van der Waals surface area contributed by atoms with Crippen LogP contribution in [0.5, 0.6) is 17.2 Å². The van der Waals surface area contributed by atoms with Gasteiger partial charge in [-0.1, -0.05) is 59.3 Å². The highest BCUT2D eigenvalue weighted by Crippen LogP contribution is 2.46. The lowest BCUT2D eigenvalue weighted by molar-refractivity contribution is -0.132. The number of hydrogen-bond acceptors (Lipinski definition) is 8. The molecule has 222 valence electrons. The fraction of sp³-hybridized carbons (Fsp3) is 0.147. The summed E-state index contributed by atoms with van der Waals surface area (Å²) in [6.45, 7) is 2.54. The maximum atomic E-state index is 13.7. The molecule has 1 saturated heterocycles. The Labute approximate surface area is 262 Å². The van der Waals surface area contributed by atoms with Crippen LogP contribution in [0.3, 0.4) is 0 Å². The summed E-state index contributed by atoms with van der Waals surface area (Å²) in [6.07, 6.45) is 0. The average Bonchev–Trinajstić information content (AvgIpc) is 3.57. The third-order valence-corrected chi connectivity index (χ3v) is 8.43. The molecular formula is C34H27ClN2O6S. The molecule has 44 heavy (non-hydrogen) atoms. The summed E-state index contributed by atoms with van der Waals surface area (Å²) in [5, 5.41) is 12.4. The Balaban J connectivity index is 1.48. The topological polar surface area (TPSA) is 98.2 Å². The van der Waals surface area contributed by atoms with E-state index in [2.05, 4.69) is 4.98 Å². The maximum Gasteiger partial charge on any atom is 0.301 e. The molecule has 0 saturated carbocycles. The van der Waals surface area contributed by atoms with Gasteiger partial charge in [-0.3, -0.25) is 14.5 Å². The van der Waals surface area contributed by atoms with E-state index in [0.29, 0.717) is 57.3 Å². The van der Waals surface area contributed by atoms with Crippen LogP contribution in [0.15, 0.2) is 96.6 Å². The van der Waals surface area contributed by atoms with Gasteiger partial charge in [0, 0.05) is 10.6 Å². The van der Waals surface area contributed by atoms with E-state index in [-0.39, 0.29) is 11.3 Å². The Bertz CT molecular complexity index is 1890. The first-order valence-corrected chi connectivity index (χ1v) is 15.0. The number of rotatable bonds is 9. The number of ether oxygens (including phenoxy) is 3. The molecular weight excluding hydrogens is 600 g/mol. The summed E-state index contributed by atoms with van der Waals surface area (Å²) in [5.74, 6) is -0.432. The number of methoxy groups -OCH3 is 1. The van der Waals surface area contributed by atoms with E-state index < -0.39 is 17.7 Å². The van der Waals surface area contributed by atoms with Gasteiger partial charge in [-0.25, -0.2) is 4.98 Å². The predicted octanol–water partition coefficient (Wildman–Crippen LogP) is 7.56. The van der Waals surface area contributed by atoms with Crippen molar-refractivity contribution in [3.8, 4) is 17.2 Å². The number of Topliss-reactive ketones (excluding diaryl/α,β-unsaturated/α-hetero) is 1. The lowest BCUT2D eigenvalue weighted by Crippen LogP contribution is -2.29. The highest BCUT2D eigenvalue weighted by atomic mass is 35.5. The number of carbonyl (C=O) groups is 2. The van der Waals surface area contributed by atoms with E-state index in [1.807, 2.05) is 37.3 Å². The molecule has 1 amide bonds. The molecule has 1 aromatic heterocycles. The minimum absolute atomic E-state index is 0.0714. The SMILES string of the molecule is CCOc1cc(C2/C(=C(\O)c3ccc(OC)cc3)C(=O)C(=O)N2c2nc3ccc(Cl)cc3s2)ccc1OCc1ccccc1. The zero-order valence-electron chi connectivity index (χ0n) is 23.8. The zero-order chi connectivity index (χ0) is 30.8. The highest BCUT2D eigenvalue weighted by molar-refractivity contribution is 7.22. The van der Waals surface area contributed by atoms with Crippen molar-refractivity contribution < 1.29 is 28.9 Å². The summed E-state index contributed by atoms with van der Waals surface area (Å²) in [6, 6.07) is 25.8. The first kappa shape index (κ1) is 29.2. The second-order valence-corrected chi connectivity index (χ2v) is 11.4. The molecule has 0 bridgehead atoms. The van der Waals surface area contributed by atoms with Crippen molar-refractivity contribution in [2.45, 2.75) is 19.6 Å². The summed E-state index contributed by atoms with van der Waals surface area (Å²) >= 11 is 7.45. The number of ketones is 1. The molecule has 10 heteroatoms. The van der Waals surface area contributed by atoms with Gasteiger partial charge >= 0.3 is 5.91 Å². The van der Waals surface area contributed by atoms with Gasteiger partial charge in [0.25, 0.3) is 5.78 Å². The van der Waals surface area contributed by atoms with E-state index >= 15 is 0 Å². The van der Waals surface area contributed by atoms with E-state index in [4.69, 9.17) is 25.8 Å². The lowest BCUT2D eigenvalue weighted by Gasteiger charge is -2.24. The summed E-state index contributed by atoms with van der Waals surface area (Å²) in [7, 11) is 1.54. The third kappa shape index (κ3) is 5.59. The first-order chi connectivity index (χ1) is 21.4. The lowest BCUT2D eigenvalue weighted by atomic mass is 9.95. The van der Waals surface area contributed by atoms with Gasteiger partial charge in [0.15, 0.2) is 16.6 Å². The normalized spacial score (nSPS) is 16.0. The Morgan fingerprint density at radius 1 is 0.955 bits per heavy atom. The van der Waals surface area contributed by atoms with E-state index in [1.54, 1.807) is 60.7 Å². The Kier molecular flexibility index (Phi) is 8.23. The van der Waals surface area contributed by atoms with Gasteiger partial charge in [0.05, 0.1) is 35.5 Å². The van der Waals surface area contributed by atoms with Crippen molar-refractivity contribution in [1.29, 1.82) is 0 Å². The number of anilines is 1. The molecule has 1 unspecified atom stereocenters. The van der Waals surface area contributed by atoms with Crippen LogP contribution in [0, 0.1) is 0 Å². The third-order valence-electron chi connectivity index (χ3n) is 7.17. The van der Waals surface area contributed by atoms with E-state index in [1.165, 1.54) is 23.3 Å². The number of thiazole rings is 1. The number of halogens is 1. The van der Waals surface area contributed by atoms with Crippen LogP contribution in [0.25, 0.3) is 16.0 Å². The second-order valence-electron chi connectivity index (χ2n) is 9.92. The predicted molar refractivity (Wildman–Crippen MR) is 171 cm³/mol. The largest absolute Gasteiger partial charge is 0.507 e. The maximum absolute atomic E-state index is 13.7. The van der Waals surface area contributed by atoms with Gasteiger partial charge in [0.2, 0.25) is 0 Å². The van der Waals surface area contributed by atoms with Gasteiger partial charge in [-0.2, -0.15) is 0 Å². The number of amides is 1. The van der Waals surface area contributed by atoms with Crippen molar-refractivity contribution in [1.82, 2.24) is 4.98 Å². The molecule has 1 N–H and O–H groups in total. The quantitative estimate of drug-likeness (QED) is 0.102. The fourth-order valence-corrected chi connectivity index (χ4v) is 6.32. The summed E-state index contributed by atoms with van der Waals surface area (Å²) in [5.41, 5.74) is 2.44. The first-order valence-electron chi connectivity index (χ1n) is 13.8. The zero-order valence-corrected chi connectivity index (χ0v) is 25.4. The number of aromatic nitrogens is 1. The molecule has 6 rings (SSSR count). The molecule has 1 fully saturated rings. The van der Waals surface area contributed by atoms with E-state index in [9.17, 15) is 14.7 Å². The van der Waals surface area contributed by atoms with Crippen LogP contribution < -0.4 is 19.1 Å². The summed E-state index contributed by atoms with van der Waals surface area (Å²) in [4.78, 5) is 33.4. The van der Waals surface area contributed by atoms with E-state index in [0.717, 1.165) is 10.3 Å². The molecule has 1 atom stereocenters.